The van der Waals surface area contributed by atoms with Crippen molar-refractivity contribution < 1.29 is 13.3 Å². The van der Waals surface area contributed by atoms with Gasteiger partial charge in [-0.15, -0.1) is 0 Å². The van der Waals surface area contributed by atoms with Crippen LogP contribution in [0.15, 0.2) is 28.8 Å². The van der Waals surface area contributed by atoms with E-state index >= 15 is 0 Å². The van der Waals surface area contributed by atoms with Crippen molar-refractivity contribution >= 4 is 0 Å². The summed E-state index contributed by atoms with van der Waals surface area (Å²) in [6, 6.07) is 6.23. The third kappa shape index (κ3) is 3.65. The fourth-order valence-corrected chi connectivity index (χ4v) is 3.19. The third-order valence-corrected chi connectivity index (χ3v) is 4.80. The Hall–Kier alpha value is -1.79. The van der Waals surface area contributed by atoms with Gasteiger partial charge in [-0.2, -0.15) is 0 Å². The van der Waals surface area contributed by atoms with Gasteiger partial charge in [0.25, 0.3) is 0 Å². The van der Waals surface area contributed by atoms with Crippen LogP contribution in [-0.4, -0.2) is 41.1 Å². The predicted molar refractivity (Wildman–Crippen MR) is 85.4 cm³/mol. The first-order valence-corrected chi connectivity index (χ1v) is 8.51. The molecule has 2 heterocycles. The van der Waals surface area contributed by atoms with Crippen molar-refractivity contribution in [2.45, 2.75) is 31.8 Å². The van der Waals surface area contributed by atoms with E-state index in [9.17, 15) is 8.78 Å². The van der Waals surface area contributed by atoms with Gasteiger partial charge in [-0.25, -0.2) is 8.78 Å². The van der Waals surface area contributed by atoms with Gasteiger partial charge in [0.1, 0.15) is 5.76 Å². The molecule has 4 rings (SSSR count). The van der Waals surface area contributed by atoms with Crippen LogP contribution < -0.4 is 0 Å². The van der Waals surface area contributed by atoms with Crippen LogP contribution in [0.1, 0.15) is 35.8 Å². The summed E-state index contributed by atoms with van der Waals surface area (Å²) in [7, 11) is 0. The highest BCUT2D eigenvalue weighted by molar-refractivity contribution is 5.18. The van der Waals surface area contributed by atoms with Gasteiger partial charge >= 0.3 is 0 Å². The lowest BCUT2D eigenvalue weighted by molar-refractivity contribution is 0.120. The molecule has 1 saturated carbocycles. The number of benzene rings is 1. The Balaban J connectivity index is 1.27. The van der Waals surface area contributed by atoms with Crippen molar-refractivity contribution in [3.05, 3.63) is 52.9 Å². The number of nitrogens with zero attached hydrogens (tertiary/aromatic N) is 3. The summed E-state index contributed by atoms with van der Waals surface area (Å²) in [5.41, 5.74) is 1.82. The second kappa shape index (κ2) is 6.61. The van der Waals surface area contributed by atoms with Crippen LogP contribution in [0.3, 0.4) is 0 Å². The van der Waals surface area contributed by atoms with E-state index in [1.165, 1.54) is 25.0 Å². The van der Waals surface area contributed by atoms with Gasteiger partial charge in [-0.3, -0.25) is 9.80 Å². The van der Waals surface area contributed by atoms with E-state index in [0.717, 1.165) is 49.7 Å². The Kier molecular flexibility index (Phi) is 4.33. The second-order valence-corrected chi connectivity index (χ2v) is 6.80. The van der Waals surface area contributed by atoms with Crippen molar-refractivity contribution in [3.63, 3.8) is 0 Å². The lowest BCUT2D eigenvalue weighted by atomic mass is 10.2. The Morgan fingerprint density at radius 2 is 1.67 bits per heavy atom. The van der Waals surface area contributed by atoms with Gasteiger partial charge in [0.2, 0.25) is 0 Å². The van der Waals surface area contributed by atoms with Crippen LogP contribution in [0, 0.1) is 11.6 Å². The van der Waals surface area contributed by atoms with Crippen molar-refractivity contribution in [2.24, 2.45) is 0 Å². The molecule has 0 spiro atoms. The standard InChI is InChI=1S/C18H21F2N3O/c19-16-4-1-13(9-17(16)20)11-22-5-7-23(8-6-22)12-15-10-18(24-21-15)14-2-3-14/h1,4,9-10,14H,2-3,5-8,11-12H2. The minimum Gasteiger partial charge on any atom is -0.361 e. The smallest absolute Gasteiger partial charge is 0.159 e. The van der Waals surface area contributed by atoms with Gasteiger partial charge < -0.3 is 4.52 Å². The predicted octanol–water partition coefficient (Wildman–Crippen LogP) is 3.15. The van der Waals surface area contributed by atoms with Crippen LogP contribution in [0.5, 0.6) is 0 Å². The number of hydrogen-bond donors (Lipinski definition) is 0. The summed E-state index contributed by atoms with van der Waals surface area (Å²) in [5.74, 6) is 0.0616. The van der Waals surface area contributed by atoms with E-state index in [1.807, 2.05) is 0 Å². The van der Waals surface area contributed by atoms with Crippen LogP contribution >= 0.6 is 0 Å². The van der Waals surface area contributed by atoms with Gasteiger partial charge in [-0.05, 0) is 30.5 Å². The van der Waals surface area contributed by atoms with Gasteiger partial charge in [0, 0.05) is 51.3 Å². The van der Waals surface area contributed by atoms with Crippen molar-refractivity contribution in [1.29, 1.82) is 0 Å². The third-order valence-electron chi connectivity index (χ3n) is 4.80. The molecular formula is C18H21F2N3O. The van der Waals surface area contributed by atoms with Crippen LogP contribution in [0.4, 0.5) is 8.78 Å². The molecule has 4 nitrogen and oxygen atoms in total. The molecule has 0 unspecified atom stereocenters. The summed E-state index contributed by atoms with van der Waals surface area (Å²) in [6.07, 6.45) is 2.44. The Morgan fingerprint density at radius 1 is 0.958 bits per heavy atom. The highest BCUT2D eigenvalue weighted by Gasteiger charge is 2.28. The highest BCUT2D eigenvalue weighted by atomic mass is 19.2. The van der Waals surface area contributed by atoms with E-state index in [2.05, 4.69) is 21.0 Å². The molecule has 1 aromatic carbocycles. The molecule has 2 aromatic rings. The molecule has 0 bridgehead atoms. The maximum Gasteiger partial charge on any atom is 0.159 e. The van der Waals surface area contributed by atoms with Crippen LogP contribution in [-0.2, 0) is 13.1 Å². The molecule has 2 aliphatic rings. The molecule has 1 aromatic heterocycles. The number of halogens is 2. The van der Waals surface area contributed by atoms with E-state index in [1.54, 1.807) is 6.07 Å². The van der Waals surface area contributed by atoms with E-state index in [4.69, 9.17) is 4.52 Å². The zero-order valence-corrected chi connectivity index (χ0v) is 13.5. The van der Waals surface area contributed by atoms with E-state index in [0.29, 0.717) is 12.5 Å². The van der Waals surface area contributed by atoms with Crippen LogP contribution in [0.2, 0.25) is 0 Å². The molecule has 2 fully saturated rings. The number of hydrogen-bond acceptors (Lipinski definition) is 4. The van der Waals surface area contributed by atoms with E-state index in [-0.39, 0.29) is 0 Å². The quantitative estimate of drug-likeness (QED) is 0.841. The first kappa shape index (κ1) is 15.7. The zero-order valence-electron chi connectivity index (χ0n) is 13.5. The molecule has 0 atom stereocenters. The minimum absolute atomic E-state index is 0.596. The number of piperazine rings is 1. The minimum atomic E-state index is -0.790. The zero-order chi connectivity index (χ0) is 16.5. The number of rotatable bonds is 5. The molecule has 1 aliphatic carbocycles. The summed E-state index contributed by atoms with van der Waals surface area (Å²) in [4.78, 5) is 4.62. The fourth-order valence-electron chi connectivity index (χ4n) is 3.19. The first-order valence-electron chi connectivity index (χ1n) is 8.51. The maximum absolute atomic E-state index is 13.3. The molecule has 6 heteroatoms. The fraction of sp³-hybridized carbons (Fsp3) is 0.500. The Morgan fingerprint density at radius 3 is 2.33 bits per heavy atom. The van der Waals surface area contributed by atoms with Gasteiger partial charge in [0.15, 0.2) is 11.6 Å². The maximum atomic E-state index is 13.3. The Bertz CT molecular complexity index is 706. The summed E-state index contributed by atoms with van der Waals surface area (Å²) >= 11 is 0. The summed E-state index contributed by atoms with van der Waals surface area (Å²) in [6.45, 7) is 5.17. The number of aromatic nitrogens is 1. The monoisotopic (exact) mass is 333 g/mol. The molecule has 1 saturated heterocycles. The van der Waals surface area contributed by atoms with Crippen molar-refractivity contribution in [3.8, 4) is 0 Å². The lowest BCUT2D eigenvalue weighted by Gasteiger charge is -2.34. The molecule has 24 heavy (non-hydrogen) atoms. The van der Waals surface area contributed by atoms with Gasteiger partial charge in [-0.1, -0.05) is 11.2 Å². The normalized spacial score (nSPS) is 19.8. The molecule has 0 N–H and O–H groups in total. The van der Waals surface area contributed by atoms with Crippen molar-refractivity contribution in [2.75, 3.05) is 26.2 Å². The second-order valence-electron chi connectivity index (χ2n) is 6.80. The lowest BCUT2D eigenvalue weighted by Crippen LogP contribution is -2.45. The summed E-state index contributed by atoms with van der Waals surface area (Å²) < 4.78 is 31.7. The summed E-state index contributed by atoms with van der Waals surface area (Å²) in [5, 5.41) is 4.17. The molecule has 128 valence electrons. The van der Waals surface area contributed by atoms with Crippen molar-refractivity contribution in [1.82, 2.24) is 15.0 Å². The first-order chi connectivity index (χ1) is 11.7. The average Bonchev–Trinajstić information content (AvgIpc) is 3.33. The largest absolute Gasteiger partial charge is 0.361 e. The SMILES string of the molecule is Fc1ccc(CN2CCN(Cc3cc(C4CC4)on3)CC2)cc1F. The molecule has 0 amide bonds. The highest BCUT2D eigenvalue weighted by Crippen LogP contribution is 2.40. The molecule has 1 aliphatic heterocycles. The molecular weight excluding hydrogens is 312 g/mol. The molecule has 0 radical (unpaired) electrons. The van der Waals surface area contributed by atoms with Gasteiger partial charge in [0.05, 0.1) is 5.69 Å². The average molecular weight is 333 g/mol. The topological polar surface area (TPSA) is 32.5 Å². The van der Waals surface area contributed by atoms with Crippen LogP contribution in [0.25, 0.3) is 0 Å². The van der Waals surface area contributed by atoms with E-state index < -0.39 is 11.6 Å². The Labute approximate surface area is 140 Å².